The van der Waals surface area contributed by atoms with Crippen molar-refractivity contribution in [3.63, 3.8) is 0 Å². The zero-order valence-electron chi connectivity index (χ0n) is 20.8. The van der Waals surface area contributed by atoms with Gasteiger partial charge in [0.05, 0.1) is 6.10 Å². The van der Waals surface area contributed by atoms with Crippen LogP contribution in [0.3, 0.4) is 0 Å². The molecule has 1 aromatic carbocycles. The van der Waals surface area contributed by atoms with E-state index >= 15 is 0 Å². The Morgan fingerprint density at radius 1 is 1.22 bits per heavy atom. The number of epoxide rings is 1. The number of aryl methyl sites for hydroxylation is 1. The van der Waals surface area contributed by atoms with Gasteiger partial charge in [0.15, 0.2) is 17.0 Å². The van der Waals surface area contributed by atoms with Crippen molar-refractivity contribution >= 4 is 22.9 Å². The quantitative estimate of drug-likeness (QED) is 0.189. The van der Waals surface area contributed by atoms with Gasteiger partial charge in [-0.25, -0.2) is 4.79 Å². The standard InChI is InChI=1S/C26H33N3O7/c1-13-11-15(30)20-16(33-13)12-17-19(21(20)31)14-7-4-5-9-26(18(36-26)8-6-10-29-24(27)28)23(32)34-22(14)25(2,3)35-17/h11-12,14,18,22,31H,4-10H2,1-3H3,(H4,27,28,29)/t14-,18+,22+,26-/m0/s1. The number of benzene rings is 1. The molecule has 36 heavy (non-hydrogen) atoms. The number of carbonyl (C=O) groups is 1. The van der Waals surface area contributed by atoms with Gasteiger partial charge in [0.25, 0.3) is 0 Å². The summed E-state index contributed by atoms with van der Waals surface area (Å²) < 4.78 is 24.1. The molecule has 0 bridgehead atoms. The molecule has 1 spiro atoms. The highest BCUT2D eigenvalue weighted by Crippen LogP contribution is 2.53. The molecule has 10 heteroatoms. The summed E-state index contributed by atoms with van der Waals surface area (Å²) in [7, 11) is 0. The Morgan fingerprint density at radius 2 is 2.00 bits per heavy atom. The van der Waals surface area contributed by atoms with E-state index in [1.807, 2.05) is 13.8 Å². The van der Waals surface area contributed by atoms with Crippen molar-refractivity contribution < 1.29 is 28.5 Å². The van der Waals surface area contributed by atoms with Gasteiger partial charge in [-0.2, -0.15) is 0 Å². The van der Waals surface area contributed by atoms with Crippen LogP contribution in [-0.2, 0) is 14.3 Å². The number of hydrogen-bond donors (Lipinski definition) is 3. The van der Waals surface area contributed by atoms with Crippen molar-refractivity contribution in [2.45, 2.75) is 88.6 Å². The molecule has 0 amide bonds. The monoisotopic (exact) mass is 499 g/mol. The Balaban J connectivity index is 1.47. The molecule has 1 aromatic heterocycles. The van der Waals surface area contributed by atoms with Gasteiger partial charge in [-0.05, 0) is 52.9 Å². The van der Waals surface area contributed by atoms with Crippen LogP contribution in [0.1, 0.15) is 69.6 Å². The number of nitrogens with zero attached hydrogens (tertiary/aromatic N) is 1. The predicted octanol–water partition coefficient (Wildman–Crippen LogP) is 2.74. The van der Waals surface area contributed by atoms with Gasteiger partial charge >= 0.3 is 5.97 Å². The maximum absolute atomic E-state index is 13.5. The molecule has 194 valence electrons. The molecule has 5 rings (SSSR count). The normalized spacial score (nSPS) is 28.6. The van der Waals surface area contributed by atoms with Gasteiger partial charge in [-0.15, -0.1) is 0 Å². The van der Waals surface area contributed by atoms with Gasteiger partial charge in [0, 0.05) is 30.2 Å². The number of rotatable bonds is 4. The van der Waals surface area contributed by atoms with Crippen LogP contribution in [0.25, 0.3) is 11.0 Å². The fourth-order valence-corrected chi connectivity index (χ4v) is 5.82. The van der Waals surface area contributed by atoms with E-state index in [-0.39, 0.29) is 40.1 Å². The predicted molar refractivity (Wildman–Crippen MR) is 132 cm³/mol. The highest BCUT2D eigenvalue weighted by Gasteiger charge is 2.64. The van der Waals surface area contributed by atoms with Crippen LogP contribution in [0.4, 0.5) is 0 Å². The lowest BCUT2D eigenvalue weighted by atomic mass is 9.77. The number of nitrogens with two attached hydrogens (primary N) is 2. The van der Waals surface area contributed by atoms with Crippen LogP contribution in [0.15, 0.2) is 26.3 Å². The van der Waals surface area contributed by atoms with E-state index in [0.29, 0.717) is 49.3 Å². The molecule has 0 saturated carbocycles. The SMILES string of the molecule is Cc1cc(=O)c2c(O)c3c(cc2o1)OC(C)(C)[C@@H]1OC(=O)[C@@]2(CCCC[C@@H]31)O[C@@H]2CCCN=C(N)N. The molecule has 5 N–H and O–H groups in total. The van der Waals surface area contributed by atoms with Crippen molar-refractivity contribution in [3.05, 3.63) is 33.7 Å². The van der Waals surface area contributed by atoms with Crippen molar-refractivity contribution in [3.8, 4) is 11.5 Å². The van der Waals surface area contributed by atoms with E-state index in [1.54, 1.807) is 13.0 Å². The maximum atomic E-state index is 13.5. The molecule has 2 saturated heterocycles. The van der Waals surface area contributed by atoms with Gasteiger partial charge < -0.3 is 35.2 Å². The molecule has 4 heterocycles. The van der Waals surface area contributed by atoms with Crippen molar-refractivity contribution in [1.29, 1.82) is 0 Å². The first kappa shape index (κ1) is 24.4. The van der Waals surface area contributed by atoms with E-state index in [4.69, 9.17) is 30.1 Å². The summed E-state index contributed by atoms with van der Waals surface area (Å²) in [5, 5.41) is 11.4. The van der Waals surface area contributed by atoms with E-state index in [0.717, 1.165) is 12.8 Å². The number of hydrogen-bond acceptors (Lipinski definition) is 8. The molecule has 3 aliphatic heterocycles. The van der Waals surface area contributed by atoms with Crippen LogP contribution in [0.2, 0.25) is 0 Å². The number of esters is 1. The van der Waals surface area contributed by atoms with E-state index in [1.165, 1.54) is 6.07 Å². The third kappa shape index (κ3) is 4.07. The van der Waals surface area contributed by atoms with E-state index in [2.05, 4.69) is 4.99 Å². The Kier molecular flexibility index (Phi) is 5.89. The topological polar surface area (TPSA) is 163 Å². The molecule has 3 aliphatic rings. The van der Waals surface area contributed by atoms with Gasteiger partial charge in [-0.3, -0.25) is 9.79 Å². The largest absolute Gasteiger partial charge is 0.507 e. The van der Waals surface area contributed by atoms with Gasteiger partial charge in [0.2, 0.25) is 0 Å². The van der Waals surface area contributed by atoms with Crippen molar-refractivity contribution in [1.82, 2.24) is 0 Å². The second-order valence-electron chi connectivity index (χ2n) is 10.6. The number of aliphatic imine (C=N–C) groups is 1. The summed E-state index contributed by atoms with van der Waals surface area (Å²) in [6.07, 6.45) is 3.16. The summed E-state index contributed by atoms with van der Waals surface area (Å²) in [5.74, 6) is -0.0250. The smallest absolute Gasteiger partial charge is 0.341 e. The third-order valence-corrected chi connectivity index (χ3v) is 7.54. The first-order valence-electron chi connectivity index (χ1n) is 12.5. The summed E-state index contributed by atoms with van der Waals surface area (Å²) in [6, 6.07) is 3.01. The second kappa shape index (κ2) is 8.69. The Bertz CT molecular complexity index is 1300. The molecule has 0 unspecified atom stereocenters. The van der Waals surface area contributed by atoms with Crippen LogP contribution in [0.5, 0.6) is 11.5 Å². The van der Waals surface area contributed by atoms with Crippen molar-refractivity contribution in [2.75, 3.05) is 6.54 Å². The first-order chi connectivity index (χ1) is 17.0. The van der Waals surface area contributed by atoms with Crippen molar-refractivity contribution in [2.24, 2.45) is 16.5 Å². The van der Waals surface area contributed by atoms with Crippen LogP contribution in [0, 0.1) is 6.92 Å². The molecule has 0 radical (unpaired) electrons. The highest BCUT2D eigenvalue weighted by molar-refractivity contribution is 5.88. The zero-order valence-corrected chi connectivity index (χ0v) is 20.8. The van der Waals surface area contributed by atoms with Gasteiger partial charge in [0.1, 0.15) is 39.9 Å². The van der Waals surface area contributed by atoms with Crippen LogP contribution in [-0.4, -0.2) is 47.0 Å². The first-order valence-corrected chi connectivity index (χ1v) is 12.5. The maximum Gasteiger partial charge on any atom is 0.341 e. The average molecular weight is 500 g/mol. The Morgan fingerprint density at radius 3 is 2.75 bits per heavy atom. The number of phenolic OH excluding ortho intramolecular Hbond substituents is 1. The molecular formula is C26H33N3O7. The average Bonchev–Trinajstić information content (AvgIpc) is 3.47. The number of guanidine groups is 1. The lowest BCUT2D eigenvalue weighted by Crippen LogP contribution is -2.52. The Hall–Kier alpha value is -3.27. The lowest BCUT2D eigenvalue weighted by molar-refractivity contribution is -0.170. The minimum atomic E-state index is -0.979. The number of aromatic hydroxyl groups is 1. The number of carbonyl (C=O) groups excluding carboxylic acids is 1. The molecular weight excluding hydrogens is 466 g/mol. The number of phenols is 1. The minimum Gasteiger partial charge on any atom is -0.507 e. The third-order valence-electron chi connectivity index (χ3n) is 7.54. The van der Waals surface area contributed by atoms with Crippen LogP contribution >= 0.6 is 0 Å². The molecule has 10 nitrogen and oxygen atoms in total. The zero-order chi connectivity index (χ0) is 25.8. The van der Waals surface area contributed by atoms with Crippen LogP contribution < -0.4 is 21.6 Å². The second-order valence-corrected chi connectivity index (χ2v) is 10.6. The molecule has 0 aliphatic carbocycles. The fourth-order valence-electron chi connectivity index (χ4n) is 5.82. The molecule has 2 fully saturated rings. The Labute approximate surface area is 208 Å². The summed E-state index contributed by atoms with van der Waals surface area (Å²) in [5.41, 5.74) is 9.32. The minimum absolute atomic E-state index is 0.0399. The fraction of sp³-hybridized carbons (Fsp3) is 0.577. The summed E-state index contributed by atoms with van der Waals surface area (Å²) in [4.78, 5) is 30.2. The summed E-state index contributed by atoms with van der Waals surface area (Å²) >= 11 is 0. The molecule has 4 atom stereocenters. The van der Waals surface area contributed by atoms with E-state index < -0.39 is 23.3 Å². The summed E-state index contributed by atoms with van der Waals surface area (Å²) in [6.45, 7) is 5.87. The highest BCUT2D eigenvalue weighted by atomic mass is 16.7. The van der Waals surface area contributed by atoms with Gasteiger partial charge in [-0.1, -0.05) is 6.42 Å². The van der Waals surface area contributed by atoms with E-state index in [9.17, 15) is 14.7 Å². The molecule has 2 aromatic rings. The number of ether oxygens (including phenoxy) is 3. The lowest BCUT2D eigenvalue weighted by Gasteiger charge is -2.44. The number of fused-ring (bicyclic) bond motifs is 4.